The molecule has 0 fully saturated rings. The van der Waals surface area contributed by atoms with Crippen LogP contribution in [0.1, 0.15) is 45.5 Å². The molecule has 0 spiro atoms. The Balaban J connectivity index is 1.47. The van der Waals surface area contributed by atoms with E-state index in [4.69, 9.17) is 9.47 Å². The first-order valence-electron chi connectivity index (χ1n) is 12.2. The lowest BCUT2D eigenvalue weighted by Crippen LogP contribution is -2.33. The minimum absolute atomic E-state index is 0.109. The zero-order valence-corrected chi connectivity index (χ0v) is 20.6. The Morgan fingerprint density at radius 1 is 0.806 bits per heavy atom. The van der Waals surface area contributed by atoms with Gasteiger partial charge in [0.15, 0.2) is 0 Å². The van der Waals surface area contributed by atoms with Gasteiger partial charge >= 0.3 is 11.9 Å². The SMILES string of the molecule is COC(=O)c1cccc(CCCc2cccc(CCC(O)C(CO)C(=O)OCc3ccccc3)c2)c1. The van der Waals surface area contributed by atoms with Gasteiger partial charge in [0.2, 0.25) is 0 Å². The Bertz CT molecular complexity index is 1110. The summed E-state index contributed by atoms with van der Waals surface area (Å²) in [5.74, 6) is -1.91. The van der Waals surface area contributed by atoms with Gasteiger partial charge in [0.05, 0.1) is 25.4 Å². The van der Waals surface area contributed by atoms with E-state index in [0.29, 0.717) is 18.4 Å². The number of ether oxygens (including phenoxy) is 2. The summed E-state index contributed by atoms with van der Waals surface area (Å²) in [4.78, 5) is 24.1. The molecule has 2 atom stereocenters. The first kappa shape index (κ1) is 27.1. The number of hydrogen-bond acceptors (Lipinski definition) is 6. The van der Waals surface area contributed by atoms with E-state index in [0.717, 1.165) is 36.0 Å². The molecule has 6 nitrogen and oxygen atoms in total. The van der Waals surface area contributed by atoms with Crippen LogP contribution in [0.4, 0.5) is 0 Å². The number of rotatable bonds is 13. The number of hydrogen-bond donors (Lipinski definition) is 2. The third-order valence-electron chi connectivity index (χ3n) is 6.19. The lowest BCUT2D eigenvalue weighted by Gasteiger charge is -2.20. The Morgan fingerprint density at radius 3 is 2.08 bits per heavy atom. The van der Waals surface area contributed by atoms with Crippen molar-refractivity contribution in [2.45, 2.75) is 44.8 Å². The van der Waals surface area contributed by atoms with Gasteiger partial charge in [0, 0.05) is 0 Å². The highest BCUT2D eigenvalue weighted by Crippen LogP contribution is 2.17. The Morgan fingerprint density at radius 2 is 1.42 bits per heavy atom. The smallest absolute Gasteiger partial charge is 0.337 e. The molecule has 2 N–H and O–H groups in total. The summed E-state index contributed by atoms with van der Waals surface area (Å²) in [6.07, 6.45) is 2.58. The fourth-order valence-electron chi connectivity index (χ4n) is 4.11. The van der Waals surface area contributed by atoms with Crippen molar-refractivity contribution in [3.05, 3.63) is 107 Å². The first-order valence-corrected chi connectivity index (χ1v) is 12.2. The molecular formula is C30H34O6. The molecule has 0 aliphatic carbocycles. The topological polar surface area (TPSA) is 93.1 Å². The Labute approximate surface area is 212 Å². The molecule has 0 aromatic heterocycles. The van der Waals surface area contributed by atoms with Crippen molar-refractivity contribution in [2.75, 3.05) is 13.7 Å². The standard InChI is InChI=1S/C30H34O6/c1-35-29(33)26-15-7-14-23(19-26)12-5-10-22-11-6-13-24(18-22)16-17-28(32)27(20-31)30(34)36-21-25-8-3-2-4-9-25/h2-4,6-9,11,13-15,18-19,27-28,31-32H,5,10,12,16-17,20-21H2,1H3. The number of aliphatic hydroxyl groups is 2. The van der Waals surface area contributed by atoms with Crippen LogP contribution >= 0.6 is 0 Å². The van der Waals surface area contributed by atoms with Crippen LogP contribution in [0.3, 0.4) is 0 Å². The predicted octanol–water partition coefficient (Wildman–Crippen LogP) is 4.29. The maximum Gasteiger partial charge on any atom is 0.337 e. The van der Waals surface area contributed by atoms with E-state index in [1.165, 1.54) is 12.7 Å². The molecule has 0 saturated carbocycles. The summed E-state index contributed by atoms with van der Waals surface area (Å²) >= 11 is 0. The molecule has 0 radical (unpaired) electrons. The fraction of sp³-hybridized carbons (Fsp3) is 0.333. The van der Waals surface area contributed by atoms with Crippen LogP contribution in [0.25, 0.3) is 0 Å². The molecule has 190 valence electrons. The second-order valence-electron chi connectivity index (χ2n) is 8.85. The van der Waals surface area contributed by atoms with Crippen molar-refractivity contribution >= 4 is 11.9 Å². The highest BCUT2D eigenvalue weighted by Gasteiger charge is 2.27. The second-order valence-corrected chi connectivity index (χ2v) is 8.85. The van der Waals surface area contributed by atoms with Crippen LogP contribution in [-0.4, -0.2) is 42.0 Å². The van der Waals surface area contributed by atoms with E-state index < -0.39 is 24.6 Å². The predicted molar refractivity (Wildman–Crippen MR) is 137 cm³/mol. The molecule has 6 heteroatoms. The molecule has 0 heterocycles. The number of carbonyl (C=O) groups excluding carboxylic acids is 2. The van der Waals surface area contributed by atoms with Gasteiger partial charge in [-0.1, -0.05) is 66.7 Å². The van der Waals surface area contributed by atoms with E-state index in [1.54, 1.807) is 6.07 Å². The summed E-state index contributed by atoms with van der Waals surface area (Å²) in [6, 6.07) is 25.0. The third-order valence-corrected chi connectivity index (χ3v) is 6.19. The lowest BCUT2D eigenvalue weighted by atomic mass is 9.95. The van der Waals surface area contributed by atoms with Crippen molar-refractivity contribution in [2.24, 2.45) is 5.92 Å². The summed E-state index contributed by atoms with van der Waals surface area (Å²) < 4.78 is 10.1. The monoisotopic (exact) mass is 490 g/mol. The molecule has 3 aromatic carbocycles. The van der Waals surface area contributed by atoms with E-state index in [2.05, 4.69) is 12.1 Å². The van der Waals surface area contributed by atoms with Gasteiger partial charge in [-0.2, -0.15) is 0 Å². The highest BCUT2D eigenvalue weighted by molar-refractivity contribution is 5.89. The Hall–Kier alpha value is -3.48. The maximum absolute atomic E-state index is 12.4. The van der Waals surface area contributed by atoms with Gasteiger partial charge in [-0.05, 0) is 66.5 Å². The minimum Gasteiger partial charge on any atom is -0.465 e. The van der Waals surface area contributed by atoms with Gasteiger partial charge in [0.1, 0.15) is 12.5 Å². The van der Waals surface area contributed by atoms with Gasteiger partial charge < -0.3 is 19.7 Å². The summed E-state index contributed by atoms with van der Waals surface area (Å²) in [5.41, 5.74) is 4.75. The van der Waals surface area contributed by atoms with Crippen molar-refractivity contribution in [1.82, 2.24) is 0 Å². The van der Waals surface area contributed by atoms with Crippen molar-refractivity contribution in [3.8, 4) is 0 Å². The molecule has 0 aliphatic rings. The second kappa shape index (κ2) is 14.2. The van der Waals surface area contributed by atoms with Crippen molar-refractivity contribution in [1.29, 1.82) is 0 Å². The average molecular weight is 491 g/mol. The number of methoxy groups -OCH3 is 1. The number of aryl methyl sites for hydroxylation is 3. The molecule has 3 aromatic rings. The van der Waals surface area contributed by atoms with Gasteiger partial charge in [-0.3, -0.25) is 4.79 Å². The zero-order chi connectivity index (χ0) is 25.8. The number of aliphatic hydroxyl groups excluding tert-OH is 2. The Kier molecular flexibility index (Phi) is 10.7. The maximum atomic E-state index is 12.4. The third kappa shape index (κ3) is 8.33. The lowest BCUT2D eigenvalue weighted by molar-refractivity contribution is -0.156. The van der Waals surface area contributed by atoms with Crippen LogP contribution < -0.4 is 0 Å². The molecule has 0 aliphatic heterocycles. The fourth-order valence-corrected chi connectivity index (χ4v) is 4.11. The molecule has 0 saturated heterocycles. The van der Waals surface area contributed by atoms with Crippen LogP contribution in [-0.2, 0) is 40.1 Å². The normalized spacial score (nSPS) is 12.5. The van der Waals surface area contributed by atoms with Gasteiger partial charge in [-0.15, -0.1) is 0 Å². The van der Waals surface area contributed by atoms with E-state index in [-0.39, 0.29) is 12.6 Å². The molecular weight excluding hydrogens is 456 g/mol. The number of carbonyl (C=O) groups is 2. The first-order chi connectivity index (χ1) is 17.5. The van der Waals surface area contributed by atoms with Gasteiger partial charge in [0.25, 0.3) is 0 Å². The zero-order valence-electron chi connectivity index (χ0n) is 20.6. The molecule has 3 rings (SSSR count). The molecule has 36 heavy (non-hydrogen) atoms. The van der Waals surface area contributed by atoms with Crippen LogP contribution in [0.5, 0.6) is 0 Å². The number of benzene rings is 3. The highest BCUT2D eigenvalue weighted by atomic mass is 16.5. The quantitative estimate of drug-likeness (QED) is 0.347. The van der Waals surface area contributed by atoms with Crippen LogP contribution in [0.2, 0.25) is 0 Å². The van der Waals surface area contributed by atoms with E-state index >= 15 is 0 Å². The van der Waals surface area contributed by atoms with Crippen molar-refractivity contribution in [3.63, 3.8) is 0 Å². The molecule has 0 bridgehead atoms. The summed E-state index contributed by atoms with van der Waals surface area (Å²) in [6.45, 7) is -0.357. The largest absolute Gasteiger partial charge is 0.465 e. The van der Waals surface area contributed by atoms with Gasteiger partial charge in [-0.25, -0.2) is 4.79 Å². The number of esters is 2. The summed E-state index contributed by atoms with van der Waals surface area (Å²) in [7, 11) is 1.38. The van der Waals surface area contributed by atoms with Crippen LogP contribution in [0, 0.1) is 5.92 Å². The van der Waals surface area contributed by atoms with E-state index in [1.807, 2.05) is 60.7 Å². The van der Waals surface area contributed by atoms with Crippen molar-refractivity contribution < 1.29 is 29.3 Å². The minimum atomic E-state index is -0.996. The van der Waals surface area contributed by atoms with E-state index in [9.17, 15) is 19.8 Å². The molecule has 0 amide bonds. The average Bonchev–Trinajstić information content (AvgIpc) is 2.91. The summed E-state index contributed by atoms with van der Waals surface area (Å²) in [5, 5.41) is 20.2. The molecule has 2 unspecified atom stereocenters. The van der Waals surface area contributed by atoms with Crippen LogP contribution in [0.15, 0.2) is 78.9 Å².